The number of nitrogen functional groups attached to an aromatic ring is 1. The number of esters is 1. The number of ether oxygens (including phenoxy) is 2. The van der Waals surface area contributed by atoms with Crippen molar-refractivity contribution >= 4 is 36.4 Å². The van der Waals surface area contributed by atoms with Crippen molar-refractivity contribution in [3.8, 4) is 0 Å². The smallest absolute Gasteiger partial charge is 0.326 e. The van der Waals surface area contributed by atoms with Gasteiger partial charge in [-0.25, -0.2) is 25.1 Å². The molecule has 0 aromatic carbocycles. The van der Waals surface area contributed by atoms with Gasteiger partial charge in [-0.05, 0) is 34.1 Å². The summed E-state index contributed by atoms with van der Waals surface area (Å²) in [5.74, 6) is -1.33. The van der Waals surface area contributed by atoms with Crippen molar-refractivity contribution in [2.75, 3.05) is 18.7 Å². The number of unbranched alkanes of at least 4 members (excludes halogenated alkanes) is 2. The van der Waals surface area contributed by atoms with Crippen LogP contribution in [0.2, 0.25) is 0 Å². The van der Waals surface area contributed by atoms with E-state index in [4.69, 9.17) is 20.3 Å². The lowest BCUT2D eigenvalue weighted by atomic mass is 10.1. The van der Waals surface area contributed by atoms with Crippen LogP contribution in [0.15, 0.2) is 12.7 Å². The SMILES string of the molecule is CCCCCOC(=O)C(C)(C)N[P@](=O)(CO[C@H](C)Cn1cnc2c(N)ncnc21)N[C@H](C)CC(=O)O. The minimum atomic E-state index is -3.61. The zero-order valence-electron chi connectivity index (χ0n) is 21.6. The Morgan fingerprint density at radius 2 is 1.97 bits per heavy atom. The summed E-state index contributed by atoms with van der Waals surface area (Å²) in [7, 11) is -3.61. The Labute approximate surface area is 211 Å². The lowest BCUT2D eigenvalue weighted by Crippen LogP contribution is -2.49. The summed E-state index contributed by atoms with van der Waals surface area (Å²) in [4.78, 5) is 36.2. The molecule has 2 heterocycles. The Morgan fingerprint density at radius 3 is 2.64 bits per heavy atom. The quantitative estimate of drug-likeness (QED) is 0.142. The van der Waals surface area contributed by atoms with Gasteiger partial charge >= 0.3 is 11.9 Å². The van der Waals surface area contributed by atoms with E-state index in [1.165, 1.54) is 6.33 Å². The Kier molecular flexibility index (Phi) is 10.8. The summed E-state index contributed by atoms with van der Waals surface area (Å²) in [5, 5.41) is 14.8. The fourth-order valence-corrected chi connectivity index (χ4v) is 6.02. The molecular formula is C22H38N7O6P. The van der Waals surface area contributed by atoms with E-state index in [0.717, 1.165) is 19.3 Å². The van der Waals surface area contributed by atoms with Gasteiger partial charge < -0.3 is 24.9 Å². The van der Waals surface area contributed by atoms with E-state index in [0.29, 0.717) is 17.7 Å². The van der Waals surface area contributed by atoms with Crippen molar-refractivity contribution in [3.63, 3.8) is 0 Å². The predicted octanol–water partition coefficient (Wildman–Crippen LogP) is 2.52. The maximum atomic E-state index is 13.9. The first-order chi connectivity index (χ1) is 16.9. The van der Waals surface area contributed by atoms with Crippen molar-refractivity contribution in [1.82, 2.24) is 29.7 Å². The number of rotatable bonds is 16. The molecule has 0 aliphatic rings. The number of imidazole rings is 1. The molecule has 14 heteroatoms. The van der Waals surface area contributed by atoms with Gasteiger partial charge in [0.15, 0.2) is 11.5 Å². The van der Waals surface area contributed by atoms with E-state index in [1.54, 1.807) is 38.6 Å². The van der Waals surface area contributed by atoms with Crippen LogP contribution in [-0.4, -0.2) is 67.2 Å². The molecule has 0 saturated heterocycles. The summed E-state index contributed by atoms with van der Waals surface area (Å²) in [5.41, 5.74) is 5.54. The molecule has 2 aromatic heterocycles. The van der Waals surface area contributed by atoms with Gasteiger partial charge in [-0.15, -0.1) is 0 Å². The third-order valence-electron chi connectivity index (χ3n) is 5.29. The molecule has 36 heavy (non-hydrogen) atoms. The molecule has 0 bridgehead atoms. The van der Waals surface area contributed by atoms with Crippen LogP contribution in [0.25, 0.3) is 11.2 Å². The molecule has 0 fully saturated rings. The van der Waals surface area contributed by atoms with E-state index in [-0.39, 0.29) is 25.2 Å². The summed E-state index contributed by atoms with van der Waals surface area (Å²) in [6.07, 6.45) is 4.59. The number of aromatic nitrogens is 4. The molecule has 0 spiro atoms. The number of nitrogens with zero attached hydrogens (tertiary/aromatic N) is 4. The third-order valence-corrected chi connectivity index (χ3v) is 7.58. The number of hydrogen-bond acceptors (Lipinski definition) is 9. The molecular weight excluding hydrogens is 489 g/mol. The summed E-state index contributed by atoms with van der Waals surface area (Å²) in [6.45, 7) is 9.17. The van der Waals surface area contributed by atoms with Gasteiger partial charge in [-0.3, -0.25) is 14.2 Å². The van der Waals surface area contributed by atoms with Gasteiger partial charge in [0.25, 0.3) is 0 Å². The average molecular weight is 528 g/mol. The maximum absolute atomic E-state index is 13.9. The highest BCUT2D eigenvalue weighted by Gasteiger charge is 2.38. The number of hydrogen-bond donors (Lipinski definition) is 4. The Hall–Kier alpha value is -2.60. The lowest BCUT2D eigenvalue weighted by Gasteiger charge is -2.32. The minimum Gasteiger partial charge on any atom is -0.481 e. The molecule has 3 atom stereocenters. The Bertz CT molecular complexity index is 1080. The lowest BCUT2D eigenvalue weighted by molar-refractivity contribution is -0.149. The van der Waals surface area contributed by atoms with Crippen molar-refractivity contribution in [1.29, 1.82) is 0 Å². The minimum absolute atomic E-state index is 0.259. The number of nitrogens with two attached hydrogens (primary N) is 1. The van der Waals surface area contributed by atoms with Gasteiger partial charge in [0, 0.05) is 6.04 Å². The maximum Gasteiger partial charge on any atom is 0.326 e. The number of anilines is 1. The molecule has 2 aromatic rings. The second kappa shape index (κ2) is 13.1. The first kappa shape index (κ1) is 29.6. The van der Waals surface area contributed by atoms with Gasteiger partial charge in [-0.2, -0.15) is 0 Å². The van der Waals surface area contributed by atoms with Crippen LogP contribution in [0.4, 0.5) is 5.82 Å². The van der Waals surface area contributed by atoms with Crippen LogP contribution in [0.1, 0.15) is 60.3 Å². The standard InChI is InChI=1S/C22H38N7O6P/c1-6-7-8-9-34-21(32)22(4,5)28-36(33,27-15(2)10-17(30)31)14-35-16(3)11-29-13-26-18-19(23)24-12-25-20(18)29/h12-13,15-16H,6-11,14H2,1-5H3,(H,30,31)(H2,23,24,25)(H2,27,28,33)/t15-,16-,36+/m1/s1. The number of fused-ring (bicyclic) bond motifs is 1. The fraction of sp³-hybridized carbons (Fsp3) is 0.682. The molecule has 2 rings (SSSR count). The number of carbonyl (C=O) groups is 2. The van der Waals surface area contributed by atoms with Crippen LogP contribution in [-0.2, 0) is 30.2 Å². The highest BCUT2D eigenvalue weighted by molar-refractivity contribution is 7.59. The molecule has 5 N–H and O–H groups in total. The van der Waals surface area contributed by atoms with Gasteiger partial charge in [-0.1, -0.05) is 19.8 Å². The summed E-state index contributed by atoms with van der Waals surface area (Å²) in [6, 6.07) is -0.645. The molecule has 0 saturated carbocycles. The van der Waals surface area contributed by atoms with Crippen LogP contribution < -0.4 is 15.9 Å². The van der Waals surface area contributed by atoms with E-state index in [9.17, 15) is 14.2 Å². The molecule has 0 unspecified atom stereocenters. The molecule has 202 valence electrons. The largest absolute Gasteiger partial charge is 0.481 e. The second-order valence-corrected chi connectivity index (χ2v) is 11.6. The Balaban J connectivity index is 2.10. The van der Waals surface area contributed by atoms with Crippen molar-refractivity contribution in [2.24, 2.45) is 0 Å². The van der Waals surface area contributed by atoms with Crippen molar-refractivity contribution < 1.29 is 28.7 Å². The van der Waals surface area contributed by atoms with E-state index >= 15 is 0 Å². The number of carboxylic acid groups (broad SMARTS) is 1. The second-order valence-electron chi connectivity index (χ2n) is 9.38. The first-order valence-electron chi connectivity index (χ1n) is 11.9. The molecule has 0 aliphatic heterocycles. The highest BCUT2D eigenvalue weighted by Crippen LogP contribution is 2.40. The van der Waals surface area contributed by atoms with Gasteiger partial charge in [0.1, 0.15) is 23.7 Å². The fourth-order valence-electron chi connectivity index (χ4n) is 3.55. The topological polar surface area (TPSA) is 184 Å². The van der Waals surface area contributed by atoms with Crippen LogP contribution >= 0.6 is 7.44 Å². The summed E-state index contributed by atoms with van der Waals surface area (Å²) >= 11 is 0. The first-order valence-corrected chi connectivity index (χ1v) is 13.8. The van der Waals surface area contributed by atoms with E-state index in [2.05, 4.69) is 25.1 Å². The van der Waals surface area contributed by atoms with Gasteiger partial charge in [0.05, 0.1) is 32.0 Å². The van der Waals surface area contributed by atoms with Crippen molar-refractivity contribution in [3.05, 3.63) is 12.7 Å². The van der Waals surface area contributed by atoms with Crippen LogP contribution in [0, 0.1) is 0 Å². The van der Waals surface area contributed by atoms with E-state index < -0.39 is 37.1 Å². The zero-order chi connectivity index (χ0) is 26.9. The summed E-state index contributed by atoms with van der Waals surface area (Å²) < 4.78 is 26.9. The Morgan fingerprint density at radius 1 is 1.25 bits per heavy atom. The molecule has 0 amide bonds. The van der Waals surface area contributed by atoms with Crippen molar-refractivity contribution in [2.45, 2.75) is 84.5 Å². The van der Waals surface area contributed by atoms with E-state index in [1.807, 2.05) is 6.92 Å². The number of nitrogens with one attached hydrogen (secondary N) is 2. The predicted molar refractivity (Wildman–Crippen MR) is 135 cm³/mol. The molecule has 13 nitrogen and oxygen atoms in total. The van der Waals surface area contributed by atoms with Gasteiger partial charge in [0.2, 0.25) is 7.44 Å². The number of aliphatic carboxylic acids is 1. The highest BCUT2D eigenvalue weighted by atomic mass is 31.2. The average Bonchev–Trinajstić information content (AvgIpc) is 3.18. The third kappa shape index (κ3) is 8.81. The van der Waals surface area contributed by atoms with Crippen LogP contribution in [0.5, 0.6) is 0 Å². The van der Waals surface area contributed by atoms with Crippen LogP contribution in [0.3, 0.4) is 0 Å². The number of carbonyl (C=O) groups excluding carboxylic acids is 1. The monoisotopic (exact) mass is 527 g/mol. The number of carboxylic acids is 1. The molecule has 0 aliphatic carbocycles. The molecule has 0 radical (unpaired) electrons. The normalized spacial score (nSPS) is 15.4. The zero-order valence-corrected chi connectivity index (χ0v) is 22.5.